The standard InChI is InChI=1S/C13H19NO2S2/c1-17-12-9-11(10-5-7-14-8-6-10)3-4-13(12)18(2,15)16/h3-4,9-10,14H,5-8H2,1-2H3. The number of piperidine rings is 1. The Morgan fingerprint density at radius 1 is 1.28 bits per heavy atom. The molecule has 0 aromatic heterocycles. The van der Waals surface area contributed by atoms with Gasteiger partial charge in [-0.05, 0) is 55.8 Å². The summed E-state index contributed by atoms with van der Waals surface area (Å²) in [6.07, 6.45) is 5.46. The second kappa shape index (κ2) is 5.63. The number of hydrogen-bond acceptors (Lipinski definition) is 4. The summed E-state index contributed by atoms with van der Waals surface area (Å²) in [4.78, 5) is 1.32. The minimum Gasteiger partial charge on any atom is -0.317 e. The zero-order chi connectivity index (χ0) is 13.2. The van der Waals surface area contributed by atoms with Crippen molar-refractivity contribution < 1.29 is 8.42 Å². The third-order valence-corrected chi connectivity index (χ3v) is 5.46. The van der Waals surface area contributed by atoms with Crippen molar-refractivity contribution >= 4 is 21.6 Å². The van der Waals surface area contributed by atoms with Crippen LogP contribution in [0, 0.1) is 0 Å². The van der Waals surface area contributed by atoms with Gasteiger partial charge in [-0.15, -0.1) is 11.8 Å². The van der Waals surface area contributed by atoms with Gasteiger partial charge in [0.25, 0.3) is 0 Å². The molecule has 0 saturated carbocycles. The van der Waals surface area contributed by atoms with E-state index in [-0.39, 0.29) is 0 Å². The van der Waals surface area contributed by atoms with Gasteiger partial charge in [0, 0.05) is 11.2 Å². The summed E-state index contributed by atoms with van der Waals surface area (Å²) in [6, 6.07) is 5.79. The van der Waals surface area contributed by atoms with Crippen molar-refractivity contribution in [3.05, 3.63) is 23.8 Å². The first-order valence-electron chi connectivity index (χ1n) is 6.11. The SMILES string of the molecule is CSc1cc(C2CCNCC2)ccc1S(C)(=O)=O. The molecule has 1 aromatic rings. The molecular weight excluding hydrogens is 266 g/mol. The van der Waals surface area contributed by atoms with E-state index in [0.717, 1.165) is 30.8 Å². The van der Waals surface area contributed by atoms with Crippen molar-refractivity contribution in [3.63, 3.8) is 0 Å². The largest absolute Gasteiger partial charge is 0.317 e. The summed E-state index contributed by atoms with van der Waals surface area (Å²) in [5.41, 5.74) is 1.27. The second-order valence-corrected chi connectivity index (χ2v) is 7.54. The van der Waals surface area contributed by atoms with Gasteiger partial charge in [-0.1, -0.05) is 6.07 Å². The Hall–Kier alpha value is -0.520. The molecular formula is C13H19NO2S2. The summed E-state index contributed by atoms with van der Waals surface area (Å²) < 4.78 is 23.4. The van der Waals surface area contributed by atoms with E-state index in [2.05, 4.69) is 11.4 Å². The predicted molar refractivity (Wildman–Crippen MR) is 76.2 cm³/mol. The van der Waals surface area contributed by atoms with Crippen molar-refractivity contribution in [1.82, 2.24) is 5.32 Å². The highest BCUT2D eigenvalue weighted by atomic mass is 32.2. The molecule has 0 spiro atoms. The summed E-state index contributed by atoms with van der Waals surface area (Å²) >= 11 is 1.51. The quantitative estimate of drug-likeness (QED) is 0.866. The monoisotopic (exact) mass is 285 g/mol. The smallest absolute Gasteiger partial charge is 0.176 e. The molecule has 100 valence electrons. The summed E-state index contributed by atoms with van der Waals surface area (Å²) in [6.45, 7) is 2.10. The maximum atomic E-state index is 11.7. The van der Waals surface area contributed by atoms with Crippen LogP contribution in [0.2, 0.25) is 0 Å². The lowest BCUT2D eigenvalue weighted by molar-refractivity contribution is 0.459. The summed E-state index contributed by atoms with van der Waals surface area (Å²) in [5, 5.41) is 3.35. The number of nitrogens with one attached hydrogen (secondary N) is 1. The van der Waals surface area contributed by atoms with E-state index < -0.39 is 9.84 Å². The Labute approximate surface area is 113 Å². The zero-order valence-corrected chi connectivity index (χ0v) is 12.4. The molecule has 18 heavy (non-hydrogen) atoms. The third kappa shape index (κ3) is 3.08. The average molecular weight is 285 g/mol. The molecule has 0 unspecified atom stereocenters. The van der Waals surface area contributed by atoms with Gasteiger partial charge in [0.15, 0.2) is 9.84 Å². The van der Waals surface area contributed by atoms with Crippen LogP contribution in [0.3, 0.4) is 0 Å². The third-order valence-electron chi connectivity index (χ3n) is 3.40. The van der Waals surface area contributed by atoms with Gasteiger partial charge in [0.1, 0.15) is 0 Å². The normalized spacial score (nSPS) is 17.9. The maximum Gasteiger partial charge on any atom is 0.176 e. The van der Waals surface area contributed by atoms with Gasteiger partial charge in [0.2, 0.25) is 0 Å². The first kappa shape index (κ1) is 13.9. The lowest BCUT2D eigenvalue weighted by Gasteiger charge is -2.23. The van der Waals surface area contributed by atoms with E-state index >= 15 is 0 Å². The highest BCUT2D eigenvalue weighted by Crippen LogP contribution is 2.32. The Morgan fingerprint density at radius 3 is 2.50 bits per heavy atom. The number of hydrogen-bond donors (Lipinski definition) is 1. The zero-order valence-electron chi connectivity index (χ0n) is 10.8. The molecule has 5 heteroatoms. The predicted octanol–water partition coefficient (Wildman–Crippen LogP) is 2.28. The number of thioether (sulfide) groups is 1. The Bertz CT molecular complexity index is 520. The van der Waals surface area contributed by atoms with Crippen LogP contribution in [0.5, 0.6) is 0 Å². The lowest BCUT2D eigenvalue weighted by atomic mass is 9.90. The molecule has 1 N–H and O–H groups in total. The molecule has 1 aromatic carbocycles. The van der Waals surface area contributed by atoms with Crippen LogP contribution in [0.15, 0.2) is 28.0 Å². The van der Waals surface area contributed by atoms with Crippen LogP contribution in [0.25, 0.3) is 0 Å². The fraction of sp³-hybridized carbons (Fsp3) is 0.538. The fourth-order valence-electron chi connectivity index (χ4n) is 2.40. The molecule has 2 rings (SSSR count). The minimum atomic E-state index is -3.13. The number of sulfone groups is 1. The first-order chi connectivity index (χ1) is 8.52. The van der Waals surface area contributed by atoms with Crippen LogP contribution in [0.4, 0.5) is 0 Å². The van der Waals surface area contributed by atoms with E-state index in [9.17, 15) is 8.42 Å². The Balaban J connectivity index is 2.35. The maximum absolute atomic E-state index is 11.7. The van der Waals surface area contributed by atoms with Gasteiger partial charge >= 0.3 is 0 Å². The number of rotatable bonds is 3. The van der Waals surface area contributed by atoms with E-state index in [0.29, 0.717) is 10.8 Å². The van der Waals surface area contributed by atoms with Crippen molar-refractivity contribution in [2.75, 3.05) is 25.6 Å². The second-order valence-electron chi connectivity index (χ2n) is 4.71. The van der Waals surface area contributed by atoms with Crippen molar-refractivity contribution in [1.29, 1.82) is 0 Å². The molecule has 0 atom stereocenters. The van der Waals surface area contributed by atoms with E-state index in [4.69, 9.17) is 0 Å². The molecule has 0 bridgehead atoms. The van der Waals surface area contributed by atoms with E-state index in [1.807, 2.05) is 12.3 Å². The average Bonchev–Trinajstić information content (AvgIpc) is 2.38. The summed E-state index contributed by atoms with van der Waals surface area (Å²) in [7, 11) is -3.13. The fourth-order valence-corrected chi connectivity index (χ4v) is 4.37. The van der Waals surface area contributed by atoms with Gasteiger partial charge < -0.3 is 5.32 Å². The molecule has 1 saturated heterocycles. The molecule has 3 nitrogen and oxygen atoms in total. The van der Waals surface area contributed by atoms with Gasteiger partial charge in [-0.3, -0.25) is 0 Å². The molecule has 1 heterocycles. The highest BCUT2D eigenvalue weighted by molar-refractivity contribution is 7.99. The van der Waals surface area contributed by atoms with Crippen molar-refractivity contribution in [2.24, 2.45) is 0 Å². The van der Waals surface area contributed by atoms with Gasteiger partial charge in [-0.25, -0.2) is 8.42 Å². The molecule has 1 aliphatic heterocycles. The van der Waals surface area contributed by atoms with E-state index in [1.165, 1.54) is 23.6 Å². The van der Waals surface area contributed by atoms with Crippen LogP contribution >= 0.6 is 11.8 Å². The molecule has 1 fully saturated rings. The van der Waals surface area contributed by atoms with Crippen molar-refractivity contribution in [2.45, 2.75) is 28.6 Å². The van der Waals surface area contributed by atoms with Crippen molar-refractivity contribution in [3.8, 4) is 0 Å². The summed E-state index contributed by atoms with van der Waals surface area (Å²) in [5.74, 6) is 0.561. The van der Waals surface area contributed by atoms with Crippen LogP contribution in [-0.4, -0.2) is 34.0 Å². The molecule has 1 aliphatic rings. The minimum absolute atomic E-state index is 0.452. The van der Waals surface area contributed by atoms with Crippen LogP contribution in [0.1, 0.15) is 24.3 Å². The van der Waals surface area contributed by atoms with Gasteiger partial charge in [0.05, 0.1) is 4.90 Å². The number of benzene rings is 1. The first-order valence-corrected chi connectivity index (χ1v) is 9.22. The molecule has 0 aliphatic carbocycles. The lowest BCUT2D eigenvalue weighted by Crippen LogP contribution is -2.26. The highest BCUT2D eigenvalue weighted by Gasteiger charge is 2.18. The Morgan fingerprint density at radius 2 is 1.94 bits per heavy atom. The van der Waals surface area contributed by atoms with Crippen LogP contribution < -0.4 is 5.32 Å². The Kier molecular flexibility index (Phi) is 4.35. The van der Waals surface area contributed by atoms with E-state index in [1.54, 1.807) is 6.07 Å². The van der Waals surface area contributed by atoms with Gasteiger partial charge in [-0.2, -0.15) is 0 Å². The molecule has 0 radical (unpaired) electrons. The topological polar surface area (TPSA) is 46.2 Å². The van der Waals surface area contributed by atoms with Crippen LogP contribution in [-0.2, 0) is 9.84 Å². The molecule has 0 amide bonds.